The molecule has 20 heavy (non-hydrogen) atoms. The van der Waals surface area contributed by atoms with Crippen molar-refractivity contribution in [1.29, 1.82) is 0 Å². The van der Waals surface area contributed by atoms with Gasteiger partial charge in [0.1, 0.15) is 0 Å². The van der Waals surface area contributed by atoms with Gasteiger partial charge < -0.3 is 4.90 Å². The Morgan fingerprint density at radius 2 is 2.05 bits per heavy atom. The quantitative estimate of drug-likeness (QED) is 0.707. The number of hydrogen-bond acceptors (Lipinski definition) is 1. The topological polar surface area (TPSA) is 20.3 Å². The first kappa shape index (κ1) is 15.8. The monoisotopic (exact) mass is 357 g/mol. The van der Waals surface area contributed by atoms with E-state index in [1.54, 1.807) is 0 Å². The lowest BCUT2D eigenvalue weighted by Crippen LogP contribution is -2.42. The van der Waals surface area contributed by atoms with Crippen molar-refractivity contribution in [3.63, 3.8) is 0 Å². The van der Waals surface area contributed by atoms with Crippen molar-refractivity contribution < 1.29 is 4.79 Å². The fraction of sp³-hybridized carbons (Fsp3) is 0.562. The van der Waals surface area contributed by atoms with E-state index in [1.165, 1.54) is 19.3 Å². The predicted molar refractivity (Wildman–Crippen MR) is 87.9 cm³/mol. The third-order valence-corrected chi connectivity index (χ3v) is 4.86. The first-order chi connectivity index (χ1) is 9.65. The highest BCUT2D eigenvalue weighted by molar-refractivity contribution is 9.09. The Morgan fingerprint density at radius 3 is 2.70 bits per heavy atom. The van der Waals surface area contributed by atoms with Crippen molar-refractivity contribution in [2.24, 2.45) is 0 Å². The van der Waals surface area contributed by atoms with E-state index in [4.69, 9.17) is 11.6 Å². The molecule has 0 N–H and O–H groups in total. The zero-order valence-corrected chi connectivity index (χ0v) is 14.2. The predicted octanol–water partition coefficient (Wildman–Crippen LogP) is 4.82. The van der Waals surface area contributed by atoms with Crippen LogP contribution in [-0.2, 0) is 0 Å². The van der Waals surface area contributed by atoms with E-state index >= 15 is 0 Å². The number of rotatable bonds is 4. The van der Waals surface area contributed by atoms with E-state index in [9.17, 15) is 4.79 Å². The van der Waals surface area contributed by atoms with Crippen molar-refractivity contribution in [3.8, 4) is 0 Å². The van der Waals surface area contributed by atoms with E-state index in [1.807, 2.05) is 30.0 Å². The highest BCUT2D eigenvalue weighted by Crippen LogP contribution is 2.26. The summed E-state index contributed by atoms with van der Waals surface area (Å²) in [4.78, 5) is 14.9. The molecule has 1 aromatic rings. The van der Waals surface area contributed by atoms with Gasteiger partial charge in [-0.3, -0.25) is 4.79 Å². The van der Waals surface area contributed by atoms with Crippen LogP contribution in [0.1, 0.15) is 48.0 Å². The zero-order valence-electron chi connectivity index (χ0n) is 11.9. The van der Waals surface area contributed by atoms with Crippen LogP contribution < -0.4 is 0 Å². The van der Waals surface area contributed by atoms with Crippen molar-refractivity contribution in [2.45, 2.75) is 45.1 Å². The Hall–Kier alpha value is -0.540. The molecule has 1 aromatic carbocycles. The van der Waals surface area contributed by atoms with E-state index in [0.717, 1.165) is 35.8 Å². The van der Waals surface area contributed by atoms with Crippen LogP contribution in [-0.4, -0.2) is 28.7 Å². The van der Waals surface area contributed by atoms with Crippen LogP contribution in [0.3, 0.4) is 0 Å². The van der Waals surface area contributed by atoms with Crippen molar-refractivity contribution in [1.82, 2.24) is 4.90 Å². The van der Waals surface area contributed by atoms with E-state index < -0.39 is 0 Å². The van der Waals surface area contributed by atoms with Crippen molar-refractivity contribution >= 4 is 33.4 Å². The molecule has 0 bridgehead atoms. The smallest absolute Gasteiger partial charge is 0.254 e. The fourth-order valence-electron chi connectivity index (χ4n) is 2.93. The summed E-state index contributed by atoms with van der Waals surface area (Å²) in [7, 11) is 0. The molecule has 0 saturated heterocycles. The van der Waals surface area contributed by atoms with Crippen LogP contribution in [0.5, 0.6) is 0 Å². The summed E-state index contributed by atoms with van der Waals surface area (Å²) < 4.78 is 0. The van der Waals surface area contributed by atoms with Gasteiger partial charge in [-0.25, -0.2) is 0 Å². The summed E-state index contributed by atoms with van der Waals surface area (Å²) in [6.07, 6.45) is 6.00. The number of carbonyl (C=O) groups is 1. The number of benzene rings is 1. The average Bonchev–Trinajstić information content (AvgIpc) is 2.48. The third kappa shape index (κ3) is 3.56. The fourth-order valence-corrected chi connectivity index (χ4v) is 3.48. The van der Waals surface area contributed by atoms with Crippen LogP contribution in [0.4, 0.5) is 0 Å². The summed E-state index contributed by atoms with van der Waals surface area (Å²) >= 11 is 9.62. The molecule has 1 saturated carbocycles. The molecule has 1 fully saturated rings. The second-order valence-corrected chi connectivity index (χ2v) is 6.59. The Morgan fingerprint density at radius 1 is 1.35 bits per heavy atom. The largest absolute Gasteiger partial charge is 0.335 e. The molecule has 0 atom stereocenters. The van der Waals surface area contributed by atoms with Crippen LogP contribution >= 0.6 is 27.5 Å². The maximum absolute atomic E-state index is 12.9. The van der Waals surface area contributed by atoms with Crippen LogP contribution in [0.2, 0.25) is 5.02 Å². The highest BCUT2D eigenvalue weighted by atomic mass is 79.9. The first-order valence-corrected chi connectivity index (χ1v) is 8.77. The molecule has 1 amide bonds. The van der Waals surface area contributed by atoms with Gasteiger partial charge in [0.15, 0.2) is 0 Å². The summed E-state index contributed by atoms with van der Waals surface area (Å²) in [5.41, 5.74) is 1.62. The molecule has 0 unspecified atom stereocenters. The normalized spacial score (nSPS) is 16.1. The Labute approximate surface area is 134 Å². The van der Waals surface area contributed by atoms with Crippen molar-refractivity contribution in [2.75, 3.05) is 11.9 Å². The molecule has 0 spiro atoms. The lowest BCUT2D eigenvalue weighted by molar-refractivity contribution is 0.0650. The van der Waals surface area contributed by atoms with E-state index in [2.05, 4.69) is 15.9 Å². The third-order valence-electron chi connectivity index (χ3n) is 4.10. The average molecular weight is 359 g/mol. The number of hydrogen-bond donors (Lipinski definition) is 0. The molecule has 2 rings (SSSR count). The van der Waals surface area contributed by atoms with Crippen molar-refractivity contribution in [3.05, 3.63) is 34.3 Å². The highest BCUT2D eigenvalue weighted by Gasteiger charge is 2.26. The number of amides is 1. The molecule has 0 radical (unpaired) electrons. The minimum Gasteiger partial charge on any atom is -0.335 e. The first-order valence-electron chi connectivity index (χ1n) is 7.27. The maximum Gasteiger partial charge on any atom is 0.254 e. The van der Waals surface area contributed by atoms with Gasteiger partial charge in [0, 0.05) is 28.5 Å². The molecule has 0 aliphatic heterocycles. The molecular formula is C16H21BrClNO. The second kappa shape index (κ2) is 7.46. The molecule has 1 aliphatic rings. The molecule has 2 nitrogen and oxygen atoms in total. The van der Waals surface area contributed by atoms with Crippen LogP contribution in [0.15, 0.2) is 18.2 Å². The molecule has 0 aromatic heterocycles. The minimum atomic E-state index is 0.122. The molecule has 4 heteroatoms. The summed E-state index contributed by atoms with van der Waals surface area (Å²) in [6.45, 7) is 2.68. The molecule has 0 heterocycles. The van der Waals surface area contributed by atoms with E-state index in [-0.39, 0.29) is 5.91 Å². The second-order valence-electron chi connectivity index (χ2n) is 5.39. The number of nitrogens with zero attached hydrogens (tertiary/aromatic N) is 1. The summed E-state index contributed by atoms with van der Waals surface area (Å²) in [5, 5.41) is 1.48. The van der Waals surface area contributed by atoms with Gasteiger partial charge in [-0.1, -0.05) is 52.9 Å². The van der Waals surface area contributed by atoms with Crippen LogP contribution in [0, 0.1) is 6.92 Å². The molecule has 110 valence electrons. The maximum atomic E-state index is 12.9. The number of carbonyl (C=O) groups excluding carboxylic acids is 1. The summed E-state index contributed by atoms with van der Waals surface area (Å²) in [5.74, 6) is 0.122. The van der Waals surface area contributed by atoms with Gasteiger partial charge >= 0.3 is 0 Å². The van der Waals surface area contributed by atoms with Gasteiger partial charge in [0.2, 0.25) is 0 Å². The SMILES string of the molecule is Cc1c(Cl)cccc1C(=O)N(CCBr)C1CCCCC1. The lowest BCUT2D eigenvalue weighted by atomic mass is 9.93. The van der Waals surface area contributed by atoms with Crippen LogP contribution in [0.25, 0.3) is 0 Å². The van der Waals surface area contributed by atoms with E-state index in [0.29, 0.717) is 11.1 Å². The Bertz CT molecular complexity index is 472. The summed E-state index contributed by atoms with van der Waals surface area (Å²) in [6, 6.07) is 5.96. The Kier molecular flexibility index (Phi) is 5.91. The molecular weight excluding hydrogens is 338 g/mol. The zero-order chi connectivity index (χ0) is 14.5. The van der Waals surface area contributed by atoms with Gasteiger partial charge in [0.05, 0.1) is 0 Å². The van der Waals surface area contributed by atoms with Gasteiger partial charge in [-0.15, -0.1) is 0 Å². The van der Waals surface area contributed by atoms with Gasteiger partial charge in [0.25, 0.3) is 5.91 Å². The minimum absolute atomic E-state index is 0.122. The molecule has 1 aliphatic carbocycles. The Balaban J connectivity index is 2.23. The lowest BCUT2D eigenvalue weighted by Gasteiger charge is -2.34. The van der Waals surface area contributed by atoms with Gasteiger partial charge in [-0.05, 0) is 37.5 Å². The standard InChI is InChI=1S/C16H21BrClNO/c1-12-14(8-5-9-15(12)18)16(20)19(11-10-17)13-6-3-2-4-7-13/h5,8-9,13H,2-4,6-7,10-11H2,1H3. The van der Waals surface area contributed by atoms with Gasteiger partial charge in [-0.2, -0.15) is 0 Å². The number of alkyl halides is 1. The number of halogens is 2.